The summed E-state index contributed by atoms with van der Waals surface area (Å²) in [4.78, 5) is 22.9. The zero-order valence-electron chi connectivity index (χ0n) is 11.7. The van der Waals surface area contributed by atoms with Gasteiger partial charge in [0.05, 0.1) is 22.0 Å². The van der Waals surface area contributed by atoms with E-state index < -0.39 is 40.9 Å². The molecule has 2 amide bonds. The van der Waals surface area contributed by atoms with Gasteiger partial charge in [0.2, 0.25) is 5.91 Å². The Morgan fingerprint density at radius 3 is 2.35 bits per heavy atom. The Labute approximate surface area is 134 Å². The molecular weight excluding hydrogens is 361 g/mol. The third kappa shape index (κ3) is 6.45. The standard InChI is InChI=1S/C12H12ClF3N2O4S/c1-23(21,22)7-2-3-9(13)8(4-7)11(20)17-5-10(19)18-6-12(14,15)16/h2-4H,5-6H2,1H3,(H,17,20)(H,18,19). The van der Waals surface area contributed by atoms with Gasteiger partial charge in [-0.3, -0.25) is 9.59 Å². The molecule has 0 fully saturated rings. The van der Waals surface area contributed by atoms with E-state index in [1.807, 2.05) is 0 Å². The zero-order valence-corrected chi connectivity index (χ0v) is 13.3. The van der Waals surface area contributed by atoms with Gasteiger partial charge in [0.15, 0.2) is 9.84 Å². The highest BCUT2D eigenvalue weighted by Crippen LogP contribution is 2.20. The summed E-state index contributed by atoms with van der Waals surface area (Å²) >= 11 is 5.77. The second-order valence-corrected chi connectivity index (χ2v) is 6.91. The summed E-state index contributed by atoms with van der Waals surface area (Å²) in [5, 5.41) is 3.56. The number of carbonyl (C=O) groups is 2. The minimum Gasteiger partial charge on any atom is -0.345 e. The molecular formula is C12H12ClF3N2O4S. The molecule has 0 radical (unpaired) electrons. The van der Waals surface area contributed by atoms with Crippen LogP contribution in [-0.4, -0.2) is 45.8 Å². The molecule has 0 aliphatic rings. The number of carbonyl (C=O) groups excluding carboxylic acids is 2. The van der Waals surface area contributed by atoms with Crippen LogP contribution in [-0.2, 0) is 14.6 Å². The van der Waals surface area contributed by atoms with Gasteiger partial charge in [-0.2, -0.15) is 13.2 Å². The minimum absolute atomic E-state index is 0.0643. The van der Waals surface area contributed by atoms with Crippen LogP contribution in [0.1, 0.15) is 10.4 Å². The van der Waals surface area contributed by atoms with E-state index >= 15 is 0 Å². The lowest BCUT2D eigenvalue weighted by Crippen LogP contribution is -2.40. The fraction of sp³-hybridized carbons (Fsp3) is 0.333. The topological polar surface area (TPSA) is 92.3 Å². The molecule has 128 valence electrons. The van der Waals surface area contributed by atoms with Crippen LogP contribution in [0.15, 0.2) is 23.1 Å². The van der Waals surface area contributed by atoms with Gasteiger partial charge in [-0.1, -0.05) is 11.6 Å². The molecule has 1 aromatic rings. The maximum absolute atomic E-state index is 11.9. The van der Waals surface area contributed by atoms with E-state index in [2.05, 4.69) is 5.32 Å². The smallest absolute Gasteiger partial charge is 0.345 e. The largest absolute Gasteiger partial charge is 0.405 e. The number of nitrogens with one attached hydrogen (secondary N) is 2. The van der Waals surface area contributed by atoms with E-state index in [4.69, 9.17) is 11.6 Å². The molecule has 0 saturated carbocycles. The van der Waals surface area contributed by atoms with Gasteiger partial charge in [-0.25, -0.2) is 8.42 Å². The van der Waals surface area contributed by atoms with Gasteiger partial charge in [0.1, 0.15) is 6.54 Å². The molecule has 2 N–H and O–H groups in total. The van der Waals surface area contributed by atoms with Gasteiger partial charge < -0.3 is 10.6 Å². The molecule has 0 saturated heterocycles. The summed E-state index contributed by atoms with van der Waals surface area (Å²) < 4.78 is 58.6. The van der Waals surface area contributed by atoms with Crippen LogP contribution in [0.25, 0.3) is 0 Å². The van der Waals surface area contributed by atoms with E-state index in [0.717, 1.165) is 12.3 Å². The molecule has 0 aromatic heterocycles. The second-order valence-electron chi connectivity index (χ2n) is 4.49. The van der Waals surface area contributed by atoms with Crippen molar-refractivity contribution < 1.29 is 31.2 Å². The lowest BCUT2D eigenvalue weighted by atomic mass is 10.2. The Balaban J connectivity index is 2.74. The minimum atomic E-state index is -4.56. The average Bonchev–Trinajstić information content (AvgIpc) is 2.41. The molecule has 0 heterocycles. The molecule has 0 aliphatic carbocycles. The SMILES string of the molecule is CS(=O)(=O)c1ccc(Cl)c(C(=O)NCC(=O)NCC(F)(F)F)c1. The van der Waals surface area contributed by atoms with E-state index in [0.29, 0.717) is 0 Å². The van der Waals surface area contributed by atoms with E-state index in [1.54, 1.807) is 5.32 Å². The highest BCUT2D eigenvalue weighted by Gasteiger charge is 2.27. The van der Waals surface area contributed by atoms with Crippen molar-refractivity contribution in [3.05, 3.63) is 28.8 Å². The van der Waals surface area contributed by atoms with Gasteiger partial charge in [0, 0.05) is 6.26 Å². The molecule has 0 bridgehead atoms. The number of hydrogen-bond acceptors (Lipinski definition) is 4. The second kappa shape index (κ2) is 7.18. The first kappa shape index (κ1) is 19.2. The summed E-state index contributed by atoms with van der Waals surface area (Å²) in [6, 6.07) is 3.40. The van der Waals surface area contributed by atoms with E-state index in [1.165, 1.54) is 12.1 Å². The van der Waals surface area contributed by atoms with E-state index in [9.17, 15) is 31.2 Å². The van der Waals surface area contributed by atoms with E-state index in [-0.39, 0.29) is 15.5 Å². The van der Waals surface area contributed by atoms with Crippen LogP contribution in [0.4, 0.5) is 13.2 Å². The number of benzene rings is 1. The predicted molar refractivity (Wildman–Crippen MR) is 76.0 cm³/mol. The number of halogens is 4. The van der Waals surface area contributed by atoms with Crippen LogP contribution in [0, 0.1) is 0 Å². The van der Waals surface area contributed by atoms with Crippen LogP contribution < -0.4 is 10.6 Å². The lowest BCUT2D eigenvalue weighted by Gasteiger charge is -2.10. The van der Waals surface area contributed by atoms with Gasteiger partial charge in [-0.05, 0) is 18.2 Å². The quantitative estimate of drug-likeness (QED) is 0.811. The van der Waals surface area contributed by atoms with Gasteiger partial charge >= 0.3 is 6.18 Å². The first-order valence-electron chi connectivity index (χ1n) is 6.01. The maximum Gasteiger partial charge on any atom is 0.405 e. The summed E-state index contributed by atoms with van der Waals surface area (Å²) in [6.07, 6.45) is -3.63. The molecule has 1 rings (SSSR count). The highest BCUT2D eigenvalue weighted by molar-refractivity contribution is 7.90. The Kier molecular flexibility index (Phi) is 6.00. The van der Waals surface area contributed by atoms with Crippen molar-refractivity contribution in [3.63, 3.8) is 0 Å². The number of alkyl halides is 3. The predicted octanol–water partition coefficient (Wildman–Crippen LogP) is 1.15. The lowest BCUT2D eigenvalue weighted by molar-refractivity contribution is -0.137. The third-order valence-corrected chi connectivity index (χ3v) is 3.95. The summed E-state index contributed by atoms with van der Waals surface area (Å²) in [6.45, 7) is -2.24. The monoisotopic (exact) mass is 372 g/mol. The molecule has 23 heavy (non-hydrogen) atoms. The van der Waals surface area contributed by atoms with Crippen molar-refractivity contribution in [2.45, 2.75) is 11.1 Å². The number of amides is 2. The highest BCUT2D eigenvalue weighted by atomic mass is 35.5. The fourth-order valence-electron chi connectivity index (χ4n) is 1.43. The summed E-state index contributed by atoms with van der Waals surface area (Å²) in [5.41, 5.74) is -0.210. The molecule has 0 unspecified atom stereocenters. The van der Waals surface area contributed by atoms with Crippen LogP contribution in [0.3, 0.4) is 0 Å². The summed E-state index contributed by atoms with van der Waals surface area (Å²) in [7, 11) is -3.57. The van der Waals surface area contributed by atoms with Crippen LogP contribution in [0.2, 0.25) is 5.02 Å². The van der Waals surface area contributed by atoms with Gasteiger partial charge in [0.25, 0.3) is 5.91 Å². The Morgan fingerprint density at radius 1 is 1.22 bits per heavy atom. The van der Waals surface area contributed by atoms with Crippen molar-refractivity contribution in [3.8, 4) is 0 Å². The molecule has 1 aromatic carbocycles. The molecule has 0 aliphatic heterocycles. The van der Waals surface area contributed by atoms with Crippen molar-refractivity contribution in [2.24, 2.45) is 0 Å². The van der Waals surface area contributed by atoms with Crippen molar-refractivity contribution in [2.75, 3.05) is 19.3 Å². The zero-order chi connectivity index (χ0) is 17.8. The van der Waals surface area contributed by atoms with Crippen LogP contribution >= 0.6 is 11.6 Å². The van der Waals surface area contributed by atoms with Crippen molar-refractivity contribution in [1.29, 1.82) is 0 Å². The fourth-order valence-corrected chi connectivity index (χ4v) is 2.28. The van der Waals surface area contributed by atoms with Gasteiger partial charge in [-0.15, -0.1) is 0 Å². The molecule has 11 heteroatoms. The number of hydrogen-bond donors (Lipinski definition) is 2. The first-order chi connectivity index (χ1) is 10.4. The molecule has 6 nitrogen and oxygen atoms in total. The Bertz CT molecular complexity index is 720. The first-order valence-corrected chi connectivity index (χ1v) is 8.28. The molecule has 0 spiro atoms. The Morgan fingerprint density at radius 2 is 1.83 bits per heavy atom. The number of sulfone groups is 1. The normalized spacial score (nSPS) is 11.9. The summed E-state index contributed by atoms with van der Waals surface area (Å²) in [5.74, 6) is -1.94. The number of rotatable bonds is 5. The average molecular weight is 373 g/mol. The molecule has 0 atom stereocenters. The van der Waals surface area contributed by atoms with Crippen molar-refractivity contribution in [1.82, 2.24) is 10.6 Å². The van der Waals surface area contributed by atoms with Crippen molar-refractivity contribution >= 4 is 33.3 Å². The van der Waals surface area contributed by atoms with Crippen LogP contribution in [0.5, 0.6) is 0 Å². The third-order valence-electron chi connectivity index (χ3n) is 2.51. The Hall–Kier alpha value is -1.81. The maximum atomic E-state index is 11.9.